The standard InChI is InChI=1S/C27H29NO2/c1-4-29-20-18-23-8-14-26(15-9-23)28(25-12-6-22(3)7-13-25)27-16-10-24(11-17-27)19-21-30-5-2/h4-17H,1-2,18-21H2,3H3. The third-order valence-electron chi connectivity index (χ3n) is 4.93. The van der Waals surface area contributed by atoms with Gasteiger partial charge in [0.2, 0.25) is 0 Å². The van der Waals surface area contributed by atoms with Crippen LogP contribution >= 0.6 is 0 Å². The second kappa shape index (κ2) is 10.9. The summed E-state index contributed by atoms with van der Waals surface area (Å²) in [4.78, 5) is 2.27. The van der Waals surface area contributed by atoms with E-state index in [0.29, 0.717) is 13.2 Å². The van der Waals surface area contributed by atoms with Crippen LogP contribution < -0.4 is 4.90 Å². The summed E-state index contributed by atoms with van der Waals surface area (Å²) in [7, 11) is 0. The number of ether oxygens (including phenoxy) is 2. The zero-order chi connectivity index (χ0) is 21.2. The van der Waals surface area contributed by atoms with Gasteiger partial charge in [-0.3, -0.25) is 0 Å². The molecule has 0 radical (unpaired) electrons. The number of hydrogen-bond acceptors (Lipinski definition) is 3. The number of hydrogen-bond donors (Lipinski definition) is 0. The first-order valence-electron chi connectivity index (χ1n) is 10.2. The van der Waals surface area contributed by atoms with Crippen LogP contribution in [0, 0.1) is 6.92 Å². The largest absolute Gasteiger partial charge is 0.501 e. The quantitative estimate of drug-likeness (QED) is 0.259. The summed E-state index contributed by atoms with van der Waals surface area (Å²) >= 11 is 0. The van der Waals surface area contributed by atoms with Crippen LogP contribution in [0.1, 0.15) is 16.7 Å². The van der Waals surface area contributed by atoms with Gasteiger partial charge in [0.1, 0.15) is 0 Å². The lowest BCUT2D eigenvalue weighted by atomic mass is 10.1. The molecule has 3 heteroatoms. The van der Waals surface area contributed by atoms with Crippen LogP contribution in [0.5, 0.6) is 0 Å². The predicted octanol–water partition coefficient (Wildman–Crippen LogP) is 6.87. The summed E-state index contributed by atoms with van der Waals surface area (Å²) in [6.45, 7) is 10.6. The lowest BCUT2D eigenvalue weighted by molar-refractivity contribution is 0.255. The van der Waals surface area contributed by atoms with Crippen molar-refractivity contribution in [3.8, 4) is 0 Å². The highest BCUT2D eigenvalue weighted by Gasteiger charge is 2.12. The van der Waals surface area contributed by atoms with Gasteiger partial charge in [0.05, 0.1) is 25.7 Å². The summed E-state index contributed by atoms with van der Waals surface area (Å²) in [5, 5.41) is 0. The zero-order valence-electron chi connectivity index (χ0n) is 17.6. The van der Waals surface area contributed by atoms with Crippen LogP contribution in [0.25, 0.3) is 0 Å². The highest BCUT2D eigenvalue weighted by atomic mass is 16.5. The summed E-state index contributed by atoms with van der Waals surface area (Å²) in [5.74, 6) is 0. The van der Waals surface area contributed by atoms with E-state index in [1.807, 2.05) is 0 Å². The Kier molecular flexibility index (Phi) is 7.73. The first kappa shape index (κ1) is 21.3. The van der Waals surface area contributed by atoms with E-state index in [-0.39, 0.29) is 0 Å². The number of rotatable bonds is 11. The van der Waals surface area contributed by atoms with Gasteiger partial charge in [-0.05, 0) is 54.4 Å². The molecule has 0 atom stereocenters. The number of nitrogens with zero attached hydrogens (tertiary/aromatic N) is 1. The molecule has 0 N–H and O–H groups in total. The van der Waals surface area contributed by atoms with E-state index in [1.54, 1.807) is 0 Å². The molecule has 0 amide bonds. The first-order chi connectivity index (χ1) is 14.7. The molecule has 3 nitrogen and oxygen atoms in total. The van der Waals surface area contributed by atoms with Gasteiger partial charge in [-0.25, -0.2) is 0 Å². The second-order valence-electron chi connectivity index (χ2n) is 7.08. The molecule has 30 heavy (non-hydrogen) atoms. The maximum Gasteiger partial charge on any atom is 0.0913 e. The minimum atomic E-state index is 0.640. The van der Waals surface area contributed by atoms with Gasteiger partial charge in [0.15, 0.2) is 0 Å². The minimum absolute atomic E-state index is 0.640. The summed E-state index contributed by atoms with van der Waals surface area (Å²) in [6.07, 6.45) is 4.69. The Balaban J connectivity index is 1.86. The van der Waals surface area contributed by atoms with Crippen molar-refractivity contribution in [2.45, 2.75) is 19.8 Å². The van der Waals surface area contributed by atoms with Crippen molar-refractivity contribution in [1.29, 1.82) is 0 Å². The van der Waals surface area contributed by atoms with Crippen LogP contribution in [0.2, 0.25) is 0 Å². The van der Waals surface area contributed by atoms with Crippen LogP contribution in [0.3, 0.4) is 0 Å². The van der Waals surface area contributed by atoms with Gasteiger partial charge in [-0.15, -0.1) is 0 Å². The van der Waals surface area contributed by atoms with Crippen molar-refractivity contribution in [3.63, 3.8) is 0 Å². The molecule has 0 aliphatic rings. The Morgan fingerprint density at radius 3 is 1.37 bits per heavy atom. The third-order valence-corrected chi connectivity index (χ3v) is 4.93. The van der Waals surface area contributed by atoms with E-state index in [0.717, 1.165) is 29.9 Å². The fourth-order valence-electron chi connectivity index (χ4n) is 3.28. The lowest BCUT2D eigenvalue weighted by Gasteiger charge is -2.26. The van der Waals surface area contributed by atoms with E-state index in [1.165, 1.54) is 29.2 Å². The van der Waals surface area contributed by atoms with E-state index in [4.69, 9.17) is 9.47 Å². The predicted molar refractivity (Wildman–Crippen MR) is 126 cm³/mol. The van der Waals surface area contributed by atoms with Gasteiger partial charge >= 0.3 is 0 Å². The zero-order valence-corrected chi connectivity index (χ0v) is 17.6. The molecule has 3 aromatic carbocycles. The van der Waals surface area contributed by atoms with Gasteiger partial charge in [-0.1, -0.05) is 55.1 Å². The van der Waals surface area contributed by atoms with Crippen LogP contribution in [-0.2, 0) is 22.3 Å². The van der Waals surface area contributed by atoms with Crippen molar-refractivity contribution in [2.24, 2.45) is 0 Å². The molecular weight excluding hydrogens is 370 g/mol. The lowest BCUT2D eigenvalue weighted by Crippen LogP contribution is -2.10. The normalized spacial score (nSPS) is 10.3. The average Bonchev–Trinajstić information content (AvgIpc) is 2.78. The molecule has 0 saturated heterocycles. The van der Waals surface area contributed by atoms with E-state index in [9.17, 15) is 0 Å². The van der Waals surface area contributed by atoms with Crippen molar-refractivity contribution in [2.75, 3.05) is 18.1 Å². The Morgan fingerprint density at radius 2 is 1.00 bits per heavy atom. The summed E-state index contributed by atoms with van der Waals surface area (Å²) in [6, 6.07) is 25.9. The molecule has 0 saturated carbocycles. The molecule has 0 aromatic heterocycles. The molecule has 3 aromatic rings. The average molecular weight is 400 g/mol. The molecule has 0 fully saturated rings. The van der Waals surface area contributed by atoms with Crippen molar-refractivity contribution in [3.05, 3.63) is 115 Å². The van der Waals surface area contributed by atoms with E-state index >= 15 is 0 Å². The molecule has 0 bridgehead atoms. The molecule has 0 aliphatic carbocycles. The molecule has 0 heterocycles. The number of benzene rings is 3. The van der Waals surface area contributed by atoms with E-state index in [2.05, 4.69) is 97.8 Å². The maximum absolute atomic E-state index is 5.25. The summed E-state index contributed by atoms with van der Waals surface area (Å²) in [5.41, 5.74) is 7.09. The maximum atomic E-state index is 5.25. The summed E-state index contributed by atoms with van der Waals surface area (Å²) < 4.78 is 10.5. The van der Waals surface area contributed by atoms with Crippen molar-refractivity contribution >= 4 is 17.1 Å². The molecule has 0 unspecified atom stereocenters. The van der Waals surface area contributed by atoms with Gasteiger partial charge < -0.3 is 14.4 Å². The Morgan fingerprint density at radius 1 is 0.633 bits per heavy atom. The Labute approximate surface area is 179 Å². The molecule has 154 valence electrons. The Bertz CT molecular complexity index is 871. The fraction of sp³-hybridized carbons (Fsp3) is 0.185. The van der Waals surface area contributed by atoms with Crippen LogP contribution in [0.15, 0.2) is 98.5 Å². The van der Waals surface area contributed by atoms with Gasteiger partial charge in [0, 0.05) is 29.9 Å². The number of anilines is 3. The SMILES string of the molecule is C=COCCc1ccc(N(c2ccc(C)cc2)c2ccc(CCOC=C)cc2)cc1. The minimum Gasteiger partial charge on any atom is -0.501 e. The van der Waals surface area contributed by atoms with Gasteiger partial charge in [-0.2, -0.15) is 0 Å². The van der Waals surface area contributed by atoms with E-state index < -0.39 is 0 Å². The highest BCUT2D eigenvalue weighted by molar-refractivity contribution is 5.76. The topological polar surface area (TPSA) is 21.7 Å². The highest BCUT2D eigenvalue weighted by Crippen LogP contribution is 2.34. The fourth-order valence-corrected chi connectivity index (χ4v) is 3.28. The molecular formula is C27H29NO2. The van der Waals surface area contributed by atoms with Crippen LogP contribution in [0.4, 0.5) is 17.1 Å². The molecule has 0 aliphatic heterocycles. The van der Waals surface area contributed by atoms with Crippen LogP contribution in [-0.4, -0.2) is 13.2 Å². The number of aryl methyl sites for hydroxylation is 1. The molecule has 3 rings (SSSR count). The Hall–Kier alpha value is -3.46. The third kappa shape index (κ3) is 5.77. The second-order valence-corrected chi connectivity index (χ2v) is 7.08. The smallest absolute Gasteiger partial charge is 0.0913 e. The molecule has 0 spiro atoms. The van der Waals surface area contributed by atoms with Gasteiger partial charge in [0.25, 0.3) is 0 Å². The monoisotopic (exact) mass is 399 g/mol. The van der Waals surface area contributed by atoms with Crippen molar-refractivity contribution < 1.29 is 9.47 Å². The first-order valence-corrected chi connectivity index (χ1v) is 10.2. The van der Waals surface area contributed by atoms with Crippen molar-refractivity contribution in [1.82, 2.24) is 0 Å².